The summed E-state index contributed by atoms with van der Waals surface area (Å²) in [5, 5.41) is 12.0. The van der Waals surface area contributed by atoms with Crippen LogP contribution in [0.4, 0.5) is 5.95 Å². The van der Waals surface area contributed by atoms with Crippen molar-refractivity contribution < 1.29 is 9.84 Å². The Bertz CT molecular complexity index is 302. The van der Waals surface area contributed by atoms with Gasteiger partial charge in [-0.2, -0.15) is 4.98 Å². The molecule has 1 aromatic rings. The van der Waals surface area contributed by atoms with Gasteiger partial charge < -0.3 is 15.2 Å². The predicted molar refractivity (Wildman–Crippen MR) is 53.5 cm³/mol. The topological polar surface area (TPSA) is 67.3 Å². The van der Waals surface area contributed by atoms with Crippen LogP contribution in [0.5, 0.6) is 5.88 Å². The van der Waals surface area contributed by atoms with Crippen LogP contribution in [0.25, 0.3) is 0 Å². The molecule has 1 unspecified atom stereocenters. The molecule has 0 saturated carbocycles. The van der Waals surface area contributed by atoms with Crippen molar-refractivity contribution in [3.63, 3.8) is 0 Å². The molecule has 1 aromatic heterocycles. The van der Waals surface area contributed by atoms with E-state index in [9.17, 15) is 0 Å². The molecule has 0 aliphatic rings. The zero-order chi connectivity index (χ0) is 10.6. The molecule has 0 saturated heterocycles. The van der Waals surface area contributed by atoms with E-state index >= 15 is 0 Å². The first-order valence-electron chi connectivity index (χ1n) is 4.43. The summed E-state index contributed by atoms with van der Waals surface area (Å²) in [6.45, 7) is 3.98. The maximum atomic E-state index is 9.06. The minimum Gasteiger partial charge on any atom is -0.481 e. The Morgan fingerprint density at radius 2 is 2.29 bits per heavy atom. The van der Waals surface area contributed by atoms with E-state index in [1.807, 2.05) is 6.92 Å². The second-order valence-electron chi connectivity index (χ2n) is 3.11. The normalized spacial score (nSPS) is 12.3. The molecule has 1 atom stereocenters. The SMILES string of the molecule is COc1cc(C)nc(NCC(C)O)n1. The second kappa shape index (κ2) is 4.76. The summed E-state index contributed by atoms with van der Waals surface area (Å²) in [6, 6.07) is 1.74. The number of nitrogens with zero attached hydrogens (tertiary/aromatic N) is 2. The van der Waals surface area contributed by atoms with Gasteiger partial charge in [0.05, 0.1) is 13.2 Å². The second-order valence-corrected chi connectivity index (χ2v) is 3.11. The van der Waals surface area contributed by atoms with E-state index in [0.29, 0.717) is 18.4 Å². The molecule has 5 nitrogen and oxygen atoms in total. The standard InChI is InChI=1S/C9H15N3O2/c1-6-4-8(14-3)12-9(11-6)10-5-7(2)13/h4,7,13H,5H2,1-3H3,(H,10,11,12). The molecule has 0 aromatic carbocycles. The Balaban J connectivity index is 2.71. The van der Waals surface area contributed by atoms with Crippen LogP contribution in [0, 0.1) is 6.92 Å². The van der Waals surface area contributed by atoms with Crippen molar-refractivity contribution in [3.05, 3.63) is 11.8 Å². The van der Waals surface area contributed by atoms with Gasteiger partial charge in [-0.15, -0.1) is 0 Å². The number of ether oxygens (including phenoxy) is 1. The molecule has 0 radical (unpaired) electrons. The van der Waals surface area contributed by atoms with Crippen LogP contribution in [0.3, 0.4) is 0 Å². The van der Waals surface area contributed by atoms with Crippen LogP contribution in [-0.2, 0) is 0 Å². The number of aliphatic hydroxyl groups excluding tert-OH is 1. The van der Waals surface area contributed by atoms with Gasteiger partial charge in [-0.3, -0.25) is 0 Å². The summed E-state index contributed by atoms with van der Waals surface area (Å²) in [5.74, 6) is 0.994. The number of aromatic nitrogens is 2. The lowest BCUT2D eigenvalue weighted by Gasteiger charge is -2.08. The highest BCUT2D eigenvalue weighted by Crippen LogP contribution is 2.10. The Hall–Kier alpha value is -1.36. The quantitative estimate of drug-likeness (QED) is 0.739. The highest BCUT2D eigenvalue weighted by Gasteiger charge is 2.02. The van der Waals surface area contributed by atoms with Gasteiger partial charge in [-0.1, -0.05) is 0 Å². The molecule has 5 heteroatoms. The number of methoxy groups -OCH3 is 1. The van der Waals surface area contributed by atoms with Gasteiger partial charge in [0.1, 0.15) is 0 Å². The molecule has 78 valence electrons. The molecular formula is C9H15N3O2. The third-order valence-electron chi connectivity index (χ3n) is 1.60. The summed E-state index contributed by atoms with van der Waals surface area (Å²) < 4.78 is 4.99. The number of nitrogens with one attached hydrogen (secondary N) is 1. The van der Waals surface area contributed by atoms with Gasteiger partial charge in [0.15, 0.2) is 0 Å². The van der Waals surface area contributed by atoms with E-state index in [1.54, 1.807) is 20.1 Å². The van der Waals surface area contributed by atoms with Gasteiger partial charge in [0, 0.05) is 18.3 Å². The van der Waals surface area contributed by atoms with Crippen LogP contribution in [-0.4, -0.2) is 34.8 Å². The van der Waals surface area contributed by atoms with Crippen LogP contribution >= 0.6 is 0 Å². The molecule has 2 N–H and O–H groups in total. The average Bonchev–Trinajstić information content (AvgIpc) is 2.14. The zero-order valence-corrected chi connectivity index (χ0v) is 8.61. The Morgan fingerprint density at radius 1 is 1.57 bits per heavy atom. The van der Waals surface area contributed by atoms with Crippen molar-refractivity contribution in [3.8, 4) is 5.88 Å². The van der Waals surface area contributed by atoms with Gasteiger partial charge in [-0.05, 0) is 13.8 Å². The number of aryl methyl sites for hydroxylation is 1. The van der Waals surface area contributed by atoms with Crippen molar-refractivity contribution in [2.45, 2.75) is 20.0 Å². The van der Waals surface area contributed by atoms with Crippen LogP contribution < -0.4 is 10.1 Å². The fourth-order valence-corrected chi connectivity index (χ4v) is 0.962. The summed E-state index contributed by atoms with van der Waals surface area (Å²) in [4.78, 5) is 8.21. The molecular weight excluding hydrogens is 182 g/mol. The van der Waals surface area contributed by atoms with E-state index < -0.39 is 6.10 Å². The number of aliphatic hydroxyl groups is 1. The fraction of sp³-hybridized carbons (Fsp3) is 0.556. The van der Waals surface area contributed by atoms with E-state index in [0.717, 1.165) is 5.69 Å². The third-order valence-corrected chi connectivity index (χ3v) is 1.60. The fourth-order valence-electron chi connectivity index (χ4n) is 0.962. The maximum absolute atomic E-state index is 9.06. The Kier molecular flexibility index (Phi) is 3.64. The van der Waals surface area contributed by atoms with Crippen LogP contribution in [0.15, 0.2) is 6.07 Å². The zero-order valence-electron chi connectivity index (χ0n) is 8.61. The molecule has 0 amide bonds. The van der Waals surface area contributed by atoms with Crippen LogP contribution in [0.1, 0.15) is 12.6 Å². The first kappa shape index (κ1) is 10.7. The van der Waals surface area contributed by atoms with E-state index in [2.05, 4.69) is 15.3 Å². The first-order chi connectivity index (χ1) is 6.61. The monoisotopic (exact) mass is 197 g/mol. The van der Waals surface area contributed by atoms with Crippen LogP contribution in [0.2, 0.25) is 0 Å². The molecule has 1 heterocycles. The lowest BCUT2D eigenvalue weighted by molar-refractivity contribution is 0.208. The summed E-state index contributed by atoms with van der Waals surface area (Å²) in [6.07, 6.45) is -0.426. The highest BCUT2D eigenvalue weighted by molar-refractivity contribution is 5.30. The molecule has 0 aliphatic heterocycles. The summed E-state index contributed by atoms with van der Waals surface area (Å²) in [5.41, 5.74) is 0.824. The number of rotatable bonds is 4. The predicted octanol–water partition coefficient (Wildman–Crippen LogP) is 0.586. The lowest BCUT2D eigenvalue weighted by Crippen LogP contribution is -2.17. The third kappa shape index (κ3) is 3.18. The summed E-state index contributed by atoms with van der Waals surface area (Å²) >= 11 is 0. The highest BCUT2D eigenvalue weighted by atomic mass is 16.5. The van der Waals surface area contributed by atoms with Gasteiger partial charge in [0.25, 0.3) is 0 Å². The van der Waals surface area contributed by atoms with Gasteiger partial charge >= 0.3 is 0 Å². The maximum Gasteiger partial charge on any atom is 0.226 e. The summed E-state index contributed by atoms with van der Waals surface area (Å²) in [7, 11) is 1.56. The van der Waals surface area contributed by atoms with Crippen molar-refractivity contribution in [1.29, 1.82) is 0 Å². The molecule has 0 bridgehead atoms. The van der Waals surface area contributed by atoms with Crippen molar-refractivity contribution in [1.82, 2.24) is 9.97 Å². The molecule has 1 rings (SSSR count). The smallest absolute Gasteiger partial charge is 0.226 e. The molecule has 14 heavy (non-hydrogen) atoms. The van der Waals surface area contributed by atoms with Crippen molar-refractivity contribution >= 4 is 5.95 Å². The largest absolute Gasteiger partial charge is 0.481 e. The number of hydrogen-bond donors (Lipinski definition) is 2. The van der Waals surface area contributed by atoms with E-state index in [1.165, 1.54) is 0 Å². The van der Waals surface area contributed by atoms with E-state index in [-0.39, 0.29) is 0 Å². The van der Waals surface area contributed by atoms with Crippen molar-refractivity contribution in [2.75, 3.05) is 19.0 Å². The number of anilines is 1. The Morgan fingerprint density at radius 3 is 2.86 bits per heavy atom. The van der Waals surface area contributed by atoms with E-state index in [4.69, 9.17) is 9.84 Å². The van der Waals surface area contributed by atoms with Gasteiger partial charge in [0.2, 0.25) is 11.8 Å². The average molecular weight is 197 g/mol. The Labute approximate surface area is 83.2 Å². The van der Waals surface area contributed by atoms with Crippen molar-refractivity contribution in [2.24, 2.45) is 0 Å². The van der Waals surface area contributed by atoms with Gasteiger partial charge in [-0.25, -0.2) is 4.98 Å². The molecule has 0 fully saturated rings. The number of hydrogen-bond acceptors (Lipinski definition) is 5. The molecule has 0 spiro atoms. The minimum absolute atomic E-state index is 0.423. The minimum atomic E-state index is -0.426. The first-order valence-corrected chi connectivity index (χ1v) is 4.43. The molecule has 0 aliphatic carbocycles. The lowest BCUT2D eigenvalue weighted by atomic mass is 10.4.